The molecule has 0 unspecified atom stereocenters. The lowest BCUT2D eigenvalue weighted by Gasteiger charge is -2.24. The Labute approximate surface area is 189 Å². The van der Waals surface area contributed by atoms with Crippen LogP contribution in [0.3, 0.4) is 0 Å². The van der Waals surface area contributed by atoms with Gasteiger partial charge in [0.2, 0.25) is 0 Å². The van der Waals surface area contributed by atoms with Gasteiger partial charge in [0.1, 0.15) is 5.78 Å². The highest BCUT2D eigenvalue weighted by molar-refractivity contribution is 5.86. The third-order valence-electron chi connectivity index (χ3n) is 6.82. The second kappa shape index (κ2) is 9.74. The monoisotopic (exact) mass is 429 g/mol. The molecule has 0 atom stereocenters. The first-order chi connectivity index (χ1) is 15.7. The Kier molecular flexibility index (Phi) is 6.39. The molecule has 0 spiro atoms. The molecule has 0 aromatic carbocycles. The van der Waals surface area contributed by atoms with Gasteiger partial charge in [0, 0.05) is 59.2 Å². The number of ketones is 1. The molecule has 2 fully saturated rings. The molecule has 4 heterocycles. The number of anilines is 1. The van der Waals surface area contributed by atoms with Crippen molar-refractivity contribution in [1.29, 1.82) is 0 Å². The zero-order valence-corrected chi connectivity index (χ0v) is 18.5. The number of nitrogens with one attached hydrogen (secondary N) is 2. The molecule has 0 bridgehead atoms. The lowest BCUT2D eigenvalue weighted by Crippen LogP contribution is -2.35. The van der Waals surface area contributed by atoms with Crippen LogP contribution in [0.4, 0.5) is 5.69 Å². The van der Waals surface area contributed by atoms with Crippen molar-refractivity contribution in [3.05, 3.63) is 48.7 Å². The number of nitrogens with zero attached hydrogens (tertiary/aromatic N) is 3. The molecule has 2 aliphatic rings. The molecule has 0 radical (unpaired) electrons. The van der Waals surface area contributed by atoms with E-state index in [-0.39, 0.29) is 5.92 Å². The summed E-state index contributed by atoms with van der Waals surface area (Å²) >= 11 is 0. The van der Waals surface area contributed by atoms with E-state index in [4.69, 9.17) is 0 Å². The second-order valence-corrected chi connectivity index (χ2v) is 9.20. The number of fused-ring (bicyclic) bond motifs is 1. The third kappa shape index (κ3) is 4.96. The first kappa shape index (κ1) is 21.0. The number of piperidine rings is 1. The maximum absolute atomic E-state index is 12.7. The summed E-state index contributed by atoms with van der Waals surface area (Å²) in [4.78, 5) is 26.3. The molecule has 1 aliphatic heterocycles. The van der Waals surface area contributed by atoms with Crippen molar-refractivity contribution >= 4 is 22.4 Å². The maximum Gasteiger partial charge on any atom is 0.141 e. The molecule has 32 heavy (non-hydrogen) atoms. The first-order valence-corrected chi connectivity index (χ1v) is 11.9. The fourth-order valence-electron chi connectivity index (χ4n) is 4.96. The van der Waals surface area contributed by atoms with E-state index in [1.807, 2.05) is 24.7 Å². The highest BCUT2D eigenvalue weighted by atomic mass is 16.1. The van der Waals surface area contributed by atoms with Crippen molar-refractivity contribution in [2.24, 2.45) is 5.92 Å². The van der Waals surface area contributed by atoms with Crippen molar-refractivity contribution in [3.8, 4) is 11.1 Å². The zero-order chi connectivity index (χ0) is 21.8. The number of carbonyl (C=O) groups excluding carboxylic acids is 1. The lowest BCUT2D eigenvalue weighted by molar-refractivity contribution is -0.123. The molecular weight excluding hydrogens is 398 g/mol. The minimum Gasteiger partial charge on any atom is -0.381 e. The second-order valence-electron chi connectivity index (χ2n) is 9.20. The number of hydrogen-bond acceptors (Lipinski definition) is 6. The van der Waals surface area contributed by atoms with E-state index in [1.54, 1.807) is 6.20 Å². The van der Waals surface area contributed by atoms with Crippen LogP contribution in [0.25, 0.3) is 22.0 Å². The largest absolute Gasteiger partial charge is 0.381 e. The summed E-state index contributed by atoms with van der Waals surface area (Å²) < 4.78 is 0. The van der Waals surface area contributed by atoms with Crippen LogP contribution in [-0.2, 0) is 11.2 Å². The zero-order valence-electron chi connectivity index (χ0n) is 18.5. The molecule has 5 rings (SSSR count). The highest BCUT2D eigenvalue weighted by Crippen LogP contribution is 2.27. The van der Waals surface area contributed by atoms with Crippen LogP contribution in [0.1, 0.15) is 50.6 Å². The van der Waals surface area contributed by atoms with Crippen LogP contribution >= 0.6 is 0 Å². The molecule has 166 valence electrons. The Morgan fingerprint density at radius 2 is 1.72 bits per heavy atom. The van der Waals surface area contributed by atoms with E-state index in [2.05, 4.69) is 37.7 Å². The van der Waals surface area contributed by atoms with E-state index in [9.17, 15) is 4.79 Å². The van der Waals surface area contributed by atoms with Crippen molar-refractivity contribution in [2.45, 2.75) is 57.4 Å². The highest BCUT2D eigenvalue weighted by Gasteiger charge is 2.21. The summed E-state index contributed by atoms with van der Waals surface area (Å²) in [5.41, 5.74) is 4.79. The SMILES string of the molecule is O=C(Cc1cc2cc(-c3cncc(NC4CCNCC4)c3)cnc2cn1)C1CCCCC1. The van der Waals surface area contributed by atoms with E-state index in [0.29, 0.717) is 18.2 Å². The normalized spacial score (nSPS) is 18.0. The fraction of sp³-hybridized carbons (Fsp3) is 0.462. The summed E-state index contributed by atoms with van der Waals surface area (Å²) in [6.45, 7) is 2.11. The quantitative estimate of drug-likeness (QED) is 0.599. The van der Waals surface area contributed by atoms with Crippen molar-refractivity contribution in [1.82, 2.24) is 20.3 Å². The standard InChI is InChI=1S/C26H31N5O/c32-26(18-4-2-1-3-5-18)13-23-11-19-10-20(15-30-25(19)17-29-23)21-12-24(16-28-14-21)31-22-6-8-27-9-7-22/h10-12,14-18,22,27,31H,1-9,13H2. The number of hydrogen-bond donors (Lipinski definition) is 2. The number of carbonyl (C=O) groups is 1. The van der Waals surface area contributed by atoms with Crippen LogP contribution in [0, 0.1) is 5.92 Å². The average Bonchev–Trinajstić information content (AvgIpc) is 2.85. The van der Waals surface area contributed by atoms with Gasteiger partial charge in [-0.05, 0) is 57.0 Å². The molecular formula is C26H31N5O. The minimum atomic E-state index is 0.215. The van der Waals surface area contributed by atoms with Crippen LogP contribution in [0.2, 0.25) is 0 Å². The molecule has 0 amide bonds. The predicted octanol–water partition coefficient (Wildman–Crippen LogP) is 4.55. The van der Waals surface area contributed by atoms with Crippen LogP contribution < -0.4 is 10.6 Å². The molecule has 6 heteroatoms. The van der Waals surface area contributed by atoms with Gasteiger partial charge in [-0.15, -0.1) is 0 Å². The van der Waals surface area contributed by atoms with E-state index in [1.165, 1.54) is 19.3 Å². The summed E-state index contributed by atoms with van der Waals surface area (Å²) in [5.74, 6) is 0.550. The summed E-state index contributed by atoms with van der Waals surface area (Å²) in [7, 11) is 0. The number of rotatable bonds is 6. The predicted molar refractivity (Wildman–Crippen MR) is 128 cm³/mol. The van der Waals surface area contributed by atoms with Crippen LogP contribution in [0.5, 0.6) is 0 Å². The van der Waals surface area contributed by atoms with Gasteiger partial charge in [-0.2, -0.15) is 0 Å². The molecule has 1 aliphatic carbocycles. The van der Waals surface area contributed by atoms with Crippen LogP contribution in [0.15, 0.2) is 43.0 Å². The summed E-state index contributed by atoms with van der Waals surface area (Å²) in [6.07, 6.45) is 15.8. The van der Waals surface area contributed by atoms with E-state index < -0.39 is 0 Å². The minimum absolute atomic E-state index is 0.215. The van der Waals surface area contributed by atoms with Gasteiger partial charge < -0.3 is 10.6 Å². The fourth-order valence-corrected chi connectivity index (χ4v) is 4.96. The van der Waals surface area contributed by atoms with Gasteiger partial charge in [0.15, 0.2) is 0 Å². The maximum atomic E-state index is 12.7. The van der Waals surface area contributed by atoms with Crippen molar-refractivity contribution in [3.63, 3.8) is 0 Å². The first-order valence-electron chi connectivity index (χ1n) is 11.9. The number of Topliss-reactive ketones (excluding diaryl/α,β-unsaturated/α-hetero) is 1. The average molecular weight is 430 g/mol. The molecule has 1 saturated carbocycles. The molecule has 6 nitrogen and oxygen atoms in total. The van der Waals surface area contributed by atoms with Gasteiger partial charge in [-0.25, -0.2) is 0 Å². The summed E-state index contributed by atoms with van der Waals surface area (Å²) in [5, 5.41) is 8.03. The molecule has 1 saturated heterocycles. The van der Waals surface area contributed by atoms with Crippen molar-refractivity contribution in [2.75, 3.05) is 18.4 Å². The topological polar surface area (TPSA) is 79.8 Å². The smallest absolute Gasteiger partial charge is 0.141 e. The molecule has 3 aromatic rings. The Morgan fingerprint density at radius 3 is 2.56 bits per heavy atom. The van der Waals surface area contributed by atoms with Gasteiger partial charge in [0.05, 0.1) is 17.4 Å². The Bertz CT molecular complexity index is 1090. The van der Waals surface area contributed by atoms with Gasteiger partial charge >= 0.3 is 0 Å². The Balaban J connectivity index is 1.34. The Hall–Kier alpha value is -2.86. The molecule has 2 N–H and O–H groups in total. The van der Waals surface area contributed by atoms with E-state index in [0.717, 1.165) is 72.2 Å². The van der Waals surface area contributed by atoms with Gasteiger partial charge in [-0.1, -0.05) is 19.3 Å². The Morgan fingerprint density at radius 1 is 0.906 bits per heavy atom. The lowest BCUT2D eigenvalue weighted by atomic mass is 9.85. The van der Waals surface area contributed by atoms with Crippen molar-refractivity contribution < 1.29 is 4.79 Å². The van der Waals surface area contributed by atoms with Gasteiger partial charge in [-0.3, -0.25) is 19.7 Å². The molecule has 3 aromatic heterocycles. The number of aromatic nitrogens is 3. The number of pyridine rings is 3. The van der Waals surface area contributed by atoms with E-state index >= 15 is 0 Å². The van der Waals surface area contributed by atoms with Crippen LogP contribution in [-0.4, -0.2) is 39.9 Å². The summed E-state index contributed by atoms with van der Waals surface area (Å²) in [6, 6.07) is 6.78. The third-order valence-corrected chi connectivity index (χ3v) is 6.82. The van der Waals surface area contributed by atoms with Gasteiger partial charge in [0.25, 0.3) is 0 Å².